The second-order valence-electron chi connectivity index (χ2n) is 5.16. The van der Waals surface area contributed by atoms with E-state index in [1.807, 2.05) is 0 Å². The SMILES string of the molecule is CC(=O)[O-].COC(=O)C1=C(N)CCOC1.COC(=O)C1COCCC1=O.N. The molecule has 2 aliphatic heterocycles. The van der Waals surface area contributed by atoms with Crippen LogP contribution in [0.15, 0.2) is 11.3 Å². The minimum atomic E-state index is -1.08. The third-order valence-corrected chi connectivity index (χ3v) is 3.23. The smallest absolute Gasteiger partial charge is 0.337 e. The first kappa shape index (κ1) is 26.7. The molecule has 2 aliphatic rings. The van der Waals surface area contributed by atoms with Gasteiger partial charge in [-0.2, -0.15) is 0 Å². The van der Waals surface area contributed by atoms with E-state index in [1.54, 1.807) is 0 Å². The maximum Gasteiger partial charge on any atom is 0.337 e. The third-order valence-electron chi connectivity index (χ3n) is 3.23. The van der Waals surface area contributed by atoms with Crippen molar-refractivity contribution in [2.75, 3.05) is 40.6 Å². The van der Waals surface area contributed by atoms with Crippen LogP contribution < -0.4 is 17.0 Å². The van der Waals surface area contributed by atoms with Gasteiger partial charge >= 0.3 is 11.9 Å². The number of Topliss-reactive ketones (excluding diaryl/α,β-unsaturated/α-hetero) is 1. The summed E-state index contributed by atoms with van der Waals surface area (Å²) in [4.78, 5) is 41.7. The zero-order valence-corrected chi connectivity index (χ0v) is 15.8. The van der Waals surface area contributed by atoms with E-state index in [9.17, 15) is 14.4 Å². The molecule has 2 heterocycles. The molecule has 11 nitrogen and oxygen atoms in total. The van der Waals surface area contributed by atoms with Gasteiger partial charge in [0.1, 0.15) is 5.92 Å². The molecule has 0 radical (unpaired) electrons. The molecule has 0 aliphatic carbocycles. The number of hydrogen-bond acceptors (Lipinski definition) is 11. The number of carbonyl (C=O) groups excluding carboxylic acids is 4. The van der Waals surface area contributed by atoms with Crippen LogP contribution in [0.1, 0.15) is 19.8 Å². The van der Waals surface area contributed by atoms with E-state index < -0.39 is 17.9 Å². The highest BCUT2D eigenvalue weighted by Gasteiger charge is 2.30. The monoisotopic (exact) mass is 391 g/mol. The number of ketones is 1. The van der Waals surface area contributed by atoms with E-state index in [1.165, 1.54) is 14.2 Å². The molecule has 0 aromatic rings. The molecule has 1 fully saturated rings. The summed E-state index contributed by atoms with van der Waals surface area (Å²) in [6.45, 7) is 2.43. The summed E-state index contributed by atoms with van der Waals surface area (Å²) in [7, 11) is 2.60. The Labute approximate surface area is 157 Å². The Hall–Kier alpha value is -2.50. The minimum absolute atomic E-state index is 0. The van der Waals surface area contributed by atoms with E-state index in [-0.39, 0.29) is 31.1 Å². The molecule has 27 heavy (non-hydrogen) atoms. The van der Waals surface area contributed by atoms with Gasteiger partial charge < -0.3 is 40.7 Å². The van der Waals surface area contributed by atoms with Gasteiger partial charge in [-0.15, -0.1) is 0 Å². The average Bonchev–Trinajstić information content (AvgIpc) is 2.61. The lowest BCUT2D eigenvalue weighted by atomic mass is 10.0. The molecule has 2 rings (SSSR count). The van der Waals surface area contributed by atoms with Crippen LogP contribution in [0.2, 0.25) is 0 Å². The topological polar surface area (TPSA) is 189 Å². The van der Waals surface area contributed by atoms with Crippen molar-refractivity contribution in [3.05, 3.63) is 11.3 Å². The predicted octanol–water partition coefficient (Wildman–Crippen LogP) is -1.52. The number of aliphatic carboxylic acids is 1. The molecule has 1 unspecified atom stereocenters. The fourth-order valence-electron chi connectivity index (χ4n) is 1.90. The quantitative estimate of drug-likeness (QED) is 0.410. The van der Waals surface area contributed by atoms with Gasteiger partial charge in [0.25, 0.3) is 0 Å². The summed E-state index contributed by atoms with van der Waals surface area (Å²) in [5, 5.41) is 8.89. The molecule has 1 atom stereocenters. The number of nitrogens with two attached hydrogens (primary N) is 1. The Bertz CT molecular complexity index is 534. The Morgan fingerprint density at radius 1 is 1.11 bits per heavy atom. The summed E-state index contributed by atoms with van der Waals surface area (Å²) < 4.78 is 18.9. The molecular formula is C16H27N2O9-. The van der Waals surface area contributed by atoms with Gasteiger partial charge in [-0.05, 0) is 6.92 Å². The number of carbonyl (C=O) groups is 4. The fraction of sp³-hybridized carbons (Fsp3) is 0.625. The highest BCUT2D eigenvalue weighted by molar-refractivity contribution is 5.99. The Kier molecular flexibility index (Phi) is 14.5. The number of methoxy groups -OCH3 is 2. The van der Waals surface area contributed by atoms with Crippen LogP contribution >= 0.6 is 0 Å². The Morgan fingerprint density at radius 2 is 1.67 bits per heavy atom. The average molecular weight is 391 g/mol. The van der Waals surface area contributed by atoms with Gasteiger partial charge in [0.2, 0.25) is 0 Å². The molecule has 1 saturated heterocycles. The van der Waals surface area contributed by atoms with Gasteiger partial charge in [0.05, 0.1) is 46.2 Å². The van der Waals surface area contributed by atoms with E-state index in [2.05, 4.69) is 9.47 Å². The van der Waals surface area contributed by atoms with Gasteiger partial charge in [0, 0.05) is 24.5 Å². The van der Waals surface area contributed by atoms with Crippen molar-refractivity contribution in [2.45, 2.75) is 19.8 Å². The number of rotatable bonds is 2. The molecule has 0 amide bonds. The zero-order valence-electron chi connectivity index (χ0n) is 15.8. The van der Waals surface area contributed by atoms with E-state index in [4.69, 9.17) is 25.1 Å². The summed E-state index contributed by atoms with van der Waals surface area (Å²) in [5.41, 5.74) is 6.60. The minimum Gasteiger partial charge on any atom is -0.550 e. The van der Waals surface area contributed by atoms with Crippen LogP contribution in [0.5, 0.6) is 0 Å². The molecule has 0 aromatic heterocycles. The summed E-state index contributed by atoms with van der Waals surface area (Å²) in [6, 6.07) is 0. The lowest BCUT2D eigenvalue weighted by molar-refractivity contribution is -0.302. The van der Waals surface area contributed by atoms with Gasteiger partial charge in [0.15, 0.2) is 5.78 Å². The van der Waals surface area contributed by atoms with Crippen molar-refractivity contribution in [1.82, 2.24) is 6.15 Å². The number of esters is 2. The largest absolute Gasteiger partial charge is 0.550 e. The first-order valence-corrected chi connectivity index (χ1v) is 7.74. The maximum atomic E-state index is 11.0. The molecule has 5 N–H and O–H groups in total. The fourth-order valence-corrected chi connectivity index (χ4v) is 1.90. The van der Waals surface area contributed by atoms with Gasteiger partial charge in [-0.1, -0.05) is 0 Å². The van der Waals surface area contributed by atoms with Crippen molar-refractivity contribution in [2.24, 2.45) is 11.7 Å². The predicted molar refractivity (Wildman–Crippen MR) is 90.3 cm³/mol. The van der Waals surface area contributed by atoms with Crippen molar-refractivity contribution < 1.29 is 43.2 Å². The summed E-state index contributed by atoms with van der Waals surface area (Å²) >= 11 is 0. The van der Waals surface area contributed by atoms with Crippen LogP contribution in [0.3, 0.4) is 0 Å². The third kappa shape index (κ3) is 10.9. The molecule has 0 bridgehead atoms. The lowest BCUT2D eigenvalue weighted by Crippen LogP contribution is -2.34. The lowest BCUT2D eigenvalue weighted by Gasteiger charge is -2.18. The Morgan fingerprint density at radius 3 is 2.11 bits per heavy atom. The second-order valence-corrected chi connectivity index (χ2v) is 5.16. The highest BCUT2D eigenvalue weighted by Crippen LogP contribution is 2.12. The standard InChI is InChI=1S/C7H11NO3.C7H10O4.C2H4O2.H3N/c2*1-10-7(9)5-4-11-3-2-6(5)8;1-2(3)4;/h2-4,8H2,1H3;5H,2-4H2,1H3;1H3,(H,3,4);1H3/p-1. The van der Waals surface area contributed by atoms with Crippen LogP contribution in [0, 0.1) is 5.92 Å². The second kappa shape index (κ2) is 14.6. The first-order chi connectivity index (χ1) is 12.2. The first-order valence-electron chi connectivity index (χ1n) is 7.74. The van der Waals surface area contributed by atoms with Crippen molar-refractivity contribution in [1.29, 1.82) is 0 Å². The number of ether oxygens (including phenoxy) is 4. The molecular weight excluding hydrogens is 364 g/mol. The zero-order chi connectivity index (χ0) is 20.1. The van der Waals surface area contributed by atoms with E-state index in [0.29, 0.717) is 37.3 Å². The number of carboxylic acids is 1. The van der Waals surface area contributed by atoms with Crippen molar-refractivity contribution in [3.8, 4) is 0 Å². The molecule has 156 valence electrons. The van der Waals surface area contributed by atoms with Crippen LogP contribution in [-0.4, -0.2) is 64.3 Å². The molecule has 0 spiro atoms. The maximum absolute atomic E-state index is 11.0. The molecule has 11 heteroatoms. The molecule has 0 aromatic carbocycles. The number of hydrogen-bond donors (Lipinski definition) is 2. The van der Waals surface area contributed by atoms with Gasteiger partial charge in [-0.3, -0.25) is 9.59 Å². The highest BCUT2D eigenvalue weighted by atomic mass is 16.5. The van der Waals surface area contributed by atoms with Crippen molar-refractivity contribution in [3.63, 3.8) is 0 Å². The van der Waals surface area contributed by atoms with E-state index >= 15 is 0 Å². The normalized spacial score (nSPS) is 18.5. The molecule has 0 saturated carbocycles. The summed E-state index contributed by atoms with van der Waals surface area (Å²) in [5.74, 6) is -2.73. The van der Waals surface area contributed by atoms with Crippen LogP contribution in [-0.2, 0) is 38.1 Å². The van der Waals surface area contributed by atoms with Crippen LogP contribution in [0.25, 0.3) is 0 Å². The van der Waals surface area contributed by atoms with Crippen molar-refractivity contribution >= 4 is 23.7 Å². The van der Waals surface area contributed by atoms with Gasteiger partial charge in [-0.25, -0.2) is 4.79 Å². The van der Waals surface area contributed by atoms with E-state index in [0.717, 1.165) is 6.92 Å². The van der Waals surface area contributed by atoms with Crippen LogP contribution in [0.4, 0.5) is 0 Å². The Balaban J connectivity index is 0. The summed E-state index contributed by atoms with van der Waals surface area (Å²) in [6.07, 6.45) is 0.935. The number of carboxylic acid groups (broad SMARTS) is 1.